The molecule has 4 aliphatic rings. The minimum absolute atomic E-state index is 0.942. The summed E-state index contributed by atoms with van der Waals surface area (Å²) in [7, 11) is 0. The standard InChI is InChI=1S/C13H21N/c1-2-8-14(9-3-1)13-10-11-4-6-12(13)7-5-11/h10-12H,1-9H2. The van der Waals surface area contributed by atoms with Gasteiger partial charge >= 0.3 is 0 Å². The van der Waals surface area contributed by atoms with Gasteiger partial charge in [0.25, 0.3) is 0 Å². The maximum absolute atomic E-state index is 2.69. The third-order valence-corrected chi connectivity index (χ3v) is 4.32. The number of rotatable bonds is 1. The molecule has 0 aromatic carbocycles. The van der Waals surface area contributed by atoms with Crippen LogP contribution in [0.4, 0.5) is 0 Å². The molecule has 4 rings (SSSR count). The van der Waals surface area contributed by atoms with Crippen LogP contribution in [0.3, 0.4) is 0 Å². The Bertz CT molecular complexity index is 230. The summed E-state index contributed by atoms with van der Waals surface area (Å²) in [6, 6.07) is 0. The molecule has 1 aliphatic heterocycles. The van der Waals surface area contributed by atoms with Crippen LogP contribution >= 0.6 is 0 Å². The van der Waals surface area contributed by atoms with Crippen molar-refractivity contribution in [3.05, 3.63) is 11.8 Å². The largest absolute Gasteiger partial charge is 0.375 e. The summed E-state index contributed by atoms with van der Waals surface area (Å²) in [5, 5.41) is 0. The fourth-order valence-electron chi connectivity index (χ4n) is 3.47. The molecule has 0 spiro atoms. The van der Waals surface area contributed by atoms with Crippen LogP contribution in [0.5, 0.6) is 0 Å². The lowest BCUT2D eigenvalue weighted by Gasteiger charge is -2.42. The monoisotopic (exact) mass is 191 g/mol. The molecule has 0 aromatic rings. The van der Waals surface area contributed by atoms with E-state index >= 15 is 0 Å². The zero-order valence-corrected chi connectivity index (χ0v) is 9.04. The van der Waals surface area contributed by atoms with E-state index in [9.17, 15) is 0 Å². The molecule has 0 aromatic heterocycles. The Morgan fingerprint density at radius 2 is 1.64 bits per heavy atom. The zero-order chi connectivity index (χ0) is 9.38. The maximum atomic E-state index is 2.69. The first kappa shape index (κ1) is 8.82. The van der Waals surface area contributed by atoms with Crippen LogP contribution in [-0.4, -0.2) is 18.0 Å². The Labute approximate surface area is 87.2 Å². The van der Waals surface area contributed by atoms with Gasteiger partial charge in [-0.05, 0) is 56.8 Å². The molecule has 1 nitrogen and oxygen atoms in total. The van der Waals surface area contributed by atoms with Gasteiger partial charge in [0.1, 0.15) is 0 Å². The number of piperidine rings is 1. The number of nitrogens with zero attached hydrogens (tertiary/aromatic N) is 1. The van der Waals surface area contributed by atoms with E-state index in [2.05, 4.69) is 11.0 Å². The topological polar surface area (TPSA) is 3.24 Å². The molecule has 1 heteroatoms. The lowest BCUT2D eigenvalue weighted by atomic mass is 9.73. The summed E-state index contributed by atoms with van der Waals surface area (Å²) in [4.78, 5) is 2.69. The normalized spacial score (nSPS) is 37.1. The molecule has 0 amide bonds. The van der Waals surface area contributed by atoms with E-state index < -0.39 is 0 Å². The first-order valence-corrected chi connectivity index (χ1v) is 6.40. The average Bonchev–Trinajstić information content (AvgIpc) is 2.32. The summed E-state index contributed by atoms with van der Waals surface area (Å²) >= 11 is 0. The number of allylic oxidation sites excluding steroid dienone is 2. The number of hydrogen-bond donors (Lipinski definition) is 0. The van der Waals surface area contributed by atoms with Gasteiger partial charge in [0.05, 0.1) is 0 Å². The fraction of sp³-hybridized carbons (Fsp3) is 0.846. The quantitative estimate of drug-likeness (QED) is 0.615. The van der Waals surface area contributed by atoms with Gasteiger partial charge in [-0.2, -0.15) is 0 Å². The minimum atomic E-state index is 0.942. The summed E-state index contributed by atoms with van der Waals surface area (Å²) < 4.78 is 0. The third kappa shape index (κ3) is 1.47. The lowest BCUT2D eigenvalue weighted by Crippen LogP contribution is -2.36. The van der Waals surface area contributed by atoms with Gasteiger partial charge in [-0.3, -0.25) is 0 Å². The van der Waals surface area contributed by atoms with Gasteiger partial charge in [0.2, 0.25) is 0 Å². The molecule has 0 N–H and O–H groups in total. The first-order valence-electron chi connectivity index (χ1n) is 6.40. The fourth-order valence-corrected chi connectivity index (χ4v) is 3.47. The van der Waals surface area contributed by atoms with Gasteiger partial charge in [-0.1, -0.05) is 6.08 Å². The molecular formula is C13H21N. The smallest absolute Gasteiger partial charge is 0.0175 e. The number of fused-ring (bicyclic) bond motifs is 2. The molecule has 1 saturated heterocycles. The highest BCUT2D eigenvalue weighted by Crippen LogP contribution is 2.42. The van der Waals surface area contributed by atoms with Crippen LogP contribution in [-0.2, 0) is 0 Å². The first-order chi connectivity index (χ1) is 6.93. The van der Waals surface area contributed by atoms with E-state index in [1.54, 1.807) is 5.70 Å². The number of hydrogen-bond acceptors (Lipinski definition) is 1. The predicted molar refractivity (Wildman–Crippen MR) is 59.0 cm³/mol. The van der Waals surface area contributed by atoms with Crippen molar-refractivity contribution in [3.63, 3.8) is 0 Å². The molecule has 0 radical (unpaired) electrons. The van der Waals surface area contributed by atoms with Crippen molar-refractivity contribution in [2.24, 2.45) is 11.8 Å². The second-order valence-electron chi connectivity index (χ2n) is 5.25. The molecule has 3 aliphatic carbocycles. The molecular weight excluding hydrogens is 170 g/mol. The van der Waals surface area contributed by atoms with Crippen molar-refractivity contribution < 1.29 is 0 Å². The van der Waals surface area contributed by atoms with Gasteiger partial charge in [0, 0.05) is 18.8 Å². The Balaban J connectivity index is 1.76. The summed E-state index contributed by atoms with van der Waals surface area (Å²) in [5.41, 5.74) is 1.74. The van der Waals surface area contributed by atoms with Gasteiger partial charge in [-0.25, -0.2) is 0 Å². The molecule has 14 heavy (non-hydrogen) atoms. The molecule has 1 heterocycles. The average molecular weight is 191 g/mol. The van der Waals surface area contributed by atoms with E-state index in [0.717, 1.165) is 11.8 Å². The second-order valence-corrected chi connectivity index (χ2v) is 5.25. The Morgan fingerprint density at radius 1 is 0.929 bits per heavy atom. The Kier molecular flexibility index (Phi) is 2.27. The number of likely N-dealkylation sites (tertiary alicyclic amines) is 1. The SMILES string of the molecule is C1=C(N2CCCCC2)C2CCC1CC2. The molecule has 0 atom stereocenters. The van der Waals surface area contributed by atoms with Crippen LogP contribution < -0.4 is 0 Å². The van der Waals surface area contributed by atoms with Gasteiger partial charge in [0.15, 0.2) is 0 Å². The highest BCUT2D eigenvalue weighted by Gasteiger charge is 2.31. The van der Waals surface area contributed by atoms with Crippen LogP contribution in [0.2, 0.25) is 0 Å². The minimum Gasteiger partial charge on any atom is -0.375 e. The Hall–Kier alpha value is -0.460. The Morgan fingerprint density at radius 3 is 2.21 bits per heavy atom. The summed E-state index contributed by atoms with van der Waals surface area (Å²) in [6.07, 6.45) is 12.8. The van der Waals surface area contributed by atoms with E-state index in [-0.39, 0.29) is 0 Å². The summed E-state index contributed by atoms with van der Waals surface area (Å²) in [5.74, 6) is 1.88. The summed E-state index contributed by atoms with van der Waals surface area (Å²) in [6.45, 7) is 2.68. The molecule has 1 saturated carbocycles. The second kappa shape index (κ2) is 3.60. The van der Waals surface area contributed by atoms with Crippen LogP contribution in [0, 0.1) is 11.8 Å². The van der Waals surface area contributed by atoms with Crippen molar-refractivity contribution in [2.45, 2.75) is 44.9 Å². The van der Waals surface area contributed by atoms with Gasteiger partial charge < -0.3 is 4.90 Å². The van der Waals surface area contributed by atoms with Crippen molar-refractivity contribution in [1.82, 2.24) is 4.90 Å². The van der Waals surface area contributed by atoms with Crippen LogP contribution in [0.25, 0.3) is 0 Å². The van der Waals surface area contributed by atoms with Crippen molar-refractivity contribution in [1.29, 1.82) is 0 Å². The molecule has 2 bridgehead atoms. The van der Waals surface area contributed by atoms with Crippen LogP contribution in [0.15, 0.2) is 11.8 Å². The van der Waals surface area contributed by atoms with E-state index in [1.807, 2.05) is 0 Å². The van der Waals surface area contributed by atoms with E-state index in [0.29, 0.717) is 0 Å². The van der Waals surface area contributed by atoms with Crippen molar-refractivity contribution in [2.75, 3.05) is 13.1 Å². The van der Waals surface area contributed by atoms with Crippen molar-refractivity contribution >= 4 is 0 Å². The highest BCUT2D eigenvalue weighted by atomic mass is 15.1. The lowest BCUT2D eigenvalue weighted by molar-refractivity contribution is 0.198. The maximum Gasteiger partial charge on any atom is 0.0175 e. The van der Waals surface area contributed by atoms with Crippen LogP contribution in [0.1, 0.15) is 44.9 Å². The van der Waals surface area contributed by atoms with Gasteiger partial charge in [-0.15, -0.1) is 0 Å². The van der Waals surface area contributed by atoms with E-state index in [1.165, 1.54) is 58.0 Å². The molecule has 2 fully saturated rings. The molecule has 0 unspecified atom stereocenters. The third-order valence-electron chi connectivity index (χ3n) is 4.32. The predicted octanol–water partition coefficient (Wildman–Crippen LogP) is 3.18. The van der Waals surface area contributed by atoms with E-state index in [4.69, 9.17) is 0 Å². The van der Waals surface area contributed by atoms with Crippen molar-refractivity contribution in [3.8, 4) is 0 Å². The highest BCUT2D eigenvalue weighted by molar-refractivity contribution is 5.15. The molecule has 78 valence electrons. The zero-order valence-electron chi connectivity index (χ0n) is 9.04.